The van der Waals surface area contributed by atoms with Crippen LogP contribution in [-0.4, -0.2) is 39.0 Å². The van der Waals surface area contributed by atoms with Crippen molar-refractivity contribution in [2.45, 2.75) is 38.9 Å². The normalized spacial score (nSPS) is 12.6. The topological polar surface area (TPSA) is 46.8 Å². The number of alkyl halides is 4. The molecule has 3 aromatic rings. The number of hydrogen-bond donors (Lipinski definition) is 0. The quantitative estimate of drug-likeness (QED) is 0.417. The van der Waals surface area contributed by atoms with Crippen LogP contribution in [0.5, 0.6) is 0 Å². The second-order valence-corrected chi connectivity index (χ2v) is 8.10. The smallest absolute Gasteiger partial charge is 0.318 e. The van der Waals surface area contributed by atoms with Gasteiger partial charge in [-0.25, -0.2) is 19.3 Å². The molecule has 0 aliphatic carbocycles. The highest BCUT2D eigenvalue weighted by molar-refractivity contribution is 6.31. The molecule has 0 amide bonds. The molecule has 5 nitrogen and oxygen atoms in total. The minimum atomic E-state index is -4.59. The highest BCUT2D eigenvalue weighted by atomic mass is 35.5. The number of benzene rings is 1. The van der Waals surface area contributed by atoms with Gasteiger partial charge < -0.3 is 9.47 Å². The predicted octanol–water partition coefficient (Wildman–Crippen LogP) is 5.12. The van der Waals surface area contributed by atoms with Crippen molar-refractivity contribution in [2.75, 3.05) is 18.2 Å². The molecule has 0 spiro atoms. The van der Waals surface area contributed by atoms with E-state index in [-0.39, 0.29) is 11.3 Å². The third kappa shape index (κ3) is 4.77. The first kappa shape index (κ1) is 21.3. The minimum Gasteiger partial charge on any atom is -0.318 e. The van der Waals surface area contributed by atoms with Gasteiger partial charge in [0.2, 0.25) is 0 Å². The van der Waals surface area contributed by atoms with Gasteiger partial charge in [-0.1, -0.05) is 50.6 Å². The first-order chi connectivity index (χ1) is 13.5. The Morgan fingerprint density at radius 3 is 2.38 bits per heavy atom. The molecule has 0 saturated heterocycles. The van der Waals surface area contributed by atoms with Crippen molar-refractivity contribution < 1.29 is 17.6 Å². The van der Waals surface area contributed by atoms with Crippen LogP contribution in [0.2, 0.25) is 5.02 Å². The second-order valence-electron chi connectivity index (χ2n) is 7.69. The lowest BCUT2D eigenvalue weighted by molar-refractivity contribution is -0.120. The second kappa shape index (κ2) is 7.78. The van der Waals surface area contributed by atoms with E-state index in [0.717, 1.165) is 5.56 Å². The van der Waals surface area contributed by atoms with E-state index in [1.165, 1.54) is 6.33 Å². The molecule has 0 unspecified atom stereocenters. The van der Waals surface area contributed by atoms with E-state index >= 15 is 0 Å². The Hall–Kier alpha value is -2.42. The van der Waals surface area contributed by atoms with Crippen LogP contribution in [0.1, 0.15) is 32.2 Å². The molecule has 0 aliphatic heterocycles. The molecule has 0 saturated carbocycles. The van der Waals surface area contributed by atoms with E-state index in [4.69, 9.17) is 11.6 Å². The van der Waals surface area contributed by atoms with Gasteiger partial charge >= 0.3 is 6.18 Å². The van der Waals surface area contributed by atoms with Gasteiger partial charge in [0.15, 0.2) is 23.8 Å². The van der Waals surface area contributed by atoms with Gasteiger partial charge in [-0.15, -0.1) is 0 Å². The van der Waals surface area contributed by atoms with Crippen molar-refractivity contribution in [3.05, 3.63) is 47.0 Å². The average molecular weight is 430 g/mol. The summed E-state index contributed by atoms with van der Waals surface area (Å²) in [4.78, 5) is 13.5. The lowest BCUT2D eigenvalue weighted by atomic mass is 9.96. The Balaban J connectivity index is 2.16. The summed E-state index contributed by atoms with van der Waals surface area (Å²) < 4.78 is 54.1. The number of nitrogens with zero attached hydrogens (tertiary/aromatic N) is 5. The van der Waals surface area contributed by atoms with E-state index in [0.29, 0.717) is 27.9 Å². The fourth-order valence-electron chi connectivity index (χ4n) is 2.80. The van der Waals surface area contributed by atoms with Crippen molar-refractivity contribution >= 4 is 28.6 Å². The summed E-state index contributed by atoms with van der Waals surface area (Å²) >= 11 is 6.22. The van der Waals surface area contributed by atoms with Crippen LogP contribution in [0.3, 0.4) is 0 Å². The van der Waals surface area contributed by atoms with Crippen LogP contribution < -0.4 is 4.90 Å². The van der Waals surface area contributed by atoms with Crippen molar-refractivity contribution in [1.82, 2.24) is 19.5 Å². The summed E-state index contributed by atoms with van der Waals surface area (Å²) in [6.45, 7) is 2.97. The Labute approximate surface area is 170 Å². The van der Waals surface area contributed by atoms with E-state index in [1.807, 2.05) is 32.9 Å². The van der Waals surface area contributed by atoms with E-state index in [2.05, 4.69) is 15.0 Å². The van der Waals surface area contributed by atoms with Gasteiger partial charge in [0, 0.05) is 10.4 Å². The number of aromatic nitrogens is 4. The first-order valence-electron chi connectivity index (χ1n) is 8.84. The van der Waals surface area contributed by atoms with Gasteiger partial charge in [-0.05, 0) is 11.6 Å². The molecule has 156 valence electrons. The molecule has 0 radical (unpaired) electrons. The van der Waals surface area contributed by atoms with Gasteiger partial charge in [-0.3, -0.25) is 0 Å². The molecule has 0 bridgehead atoms. The van der Waals surface area contributed by atoms with E-state index in [1.54, 1.807) is 16.7 Å². The Bertz CT molecular complexity index is 1010. The summed E-state index contributed by atoms with van der Waals surface area (Å²) in [6.07, 6.45) is -3.14. The van der Waals surface area contributed by atoms with Crippen LogP contribution in [0, 0.1) is 0 Å². The molecule has 10 heteroatoms. The monoisotopic (exact) mass is 429 g/mol. The van der Waals surface area contributed by atoms with Crippen LogP contribution >= 0.6 is 11.6 Å². The third-order valence-electron chi connectivity index (χ3n) is 4.23. The Morgan fingerprint density at radius 2 is 1.79 bits per heavy atom. The average Bonchev–Trinajstić information content (AvgIpc) is 3.02. The van der Waals surface area contributed by atoms with Gasteiger partial charge in [0.05, 0.1) is 12.9 Å². The minimum absolute atomic E-state index is 0.104. The lowest BCUT2D eigenvalue weighted by Crippen LogP contribution is -2.35. The Morgan fingerprint density at radius 1 is 1.10 bits per heavy atom. The van der Waals surface area contributed by atoms with Crippen LogP contribution in [0.15, 0.2) is 30.6 Å². The predicted molar refractivity (Wildman–Crippen MR) is 104 cm³/mol. The summed E-state index contributed by atoms with van der Waals surface area (Å²) in [5, 5.41) is 0.544. The number of fused-ring (bicyclic) bond motifs is 1. The van der Waals surface area contributed by atoms with Crippen molar-refractivity contribution in [3.8, 4) is 0 Å². The molecule has 0 atom stereocenters. The van der Waals surface area contributed by atoms with Crippen LogP contribution in [0.25, 0.3) is 11.2 Å². The number of halogens is 5. The molecule has 0 aliphatic rings. The molecule has 0 fully saturated rings. The first-order valence-corrected chi connectivity index (χ1v) is 9.22. The van der Waals surface area contributed by atoms with Crippen molar-refractivity contribution in [1.29, 1.82) is 0 Å². The zero-order chi connectivity index (χ0) is 21.4. The van der Waals surface area contributed by atoms with Crippen molar-refractivity contribution in [3.63, 3.8) is 0 Å². The fourth-order valence-corrected chi connectivity index (χ4v) is 3.00. The van der Waals surface area contributed by atoms with Crippen molar-refractivity contribution in [2.24, 2.45) is 0 Å². The molecule has 2 heterocycles. The zero-order valence-corrected chi connectivity index (χ0v) is 16.9. The highest BCUT2D eigenvalue weighted by Crippen LogP contribution is 2.30. The van der Waals surface area contributed by atoms with Gasteiger partial charge in [0.1, 0.15) is 12.4 Å². The number of rotatable bonds is 5. The van der Waals surface area contributed by atoms with Crippen LogP contribution in [0.4, 0.5) is 23.4 Å². The van der Waals surface area contributed by atoms with E-state index < -0.39 is 24.9 Å². The number of hydrogen-bond acceptors (Lipinski definition) is 4. The lowest BCUT2D eigenvalue weighted by Gasteiger charge is -2.24. The summed E-state index contributed by atoms with van der Waals surface area (Å²) in [5.41, 5.74) is 0.652. The number of imidazole rings is 1. The fraction of sp³-hybridized carbons (Fsp3) is 0.421. The van der Waals surface area contributed by atoms with E-state index in [9.17, 15) is 17.6 Å². The van der Waals surface area contributed by atoms with Gasteiger partial charge in [-0.2, -0.15) is 13.2 Å². The largest absolute Gasteiger partial charge is 0.406 e. The number of anilines is 1. The summed E-state index contributed by atoms with van der Waals surface area (Å²) in [6, 6.07) is 7.20. The molecular weight excluding hydrogens is 410 g/mol. The van der Waals surface area contributed by atoms with Gasteiger partial charge in [0.25, 0.3) is 0 Å². The standard InChI is InChI=1S/C19H20ClF4N5/c1-18(2,3)17-26-15-14(16(27-17)29(10-21)9-19(22,23)24)25-11-28(15)8-12-6-4-5-7-13(12)20/h4-7,11H,8-10H2,1-3H3. The molecular formula is C19H20ClF4N5. The maximum Gasteiger partial charge on any atom is 0.406 e. The van der Waals surface area contributed by atoms with Crippen LogP contribution in [-0.2, 0) is 12.0 Å². The molecule has 1 aromatic carbocycles. The summed E-state index contributed by atoms with van der Waals surface area (Å²) in [7, 11) is 0. The Kier molecular flexibility index (Phi) is 5.71. The molecule has 29 heavy (non-hydrogen) atoms. The maximum absolute atomic E-state index is 13.5. The molecule has 2 aromatic heterocycles. The maximum atomic E-state index is 13.5. The molecule has 0 N–H and O–H groups in total. The summed E-state index contributed by atoms with van der Waals surface area (Å²) in [5.74, 6) is 0.110. The zero-order valence-electron chi connectivity index (χ0n) is 16.1. The SMILES string of the molecule is CC(C)(C)c1nc(N(CF)CC(F)(F)F)c2ncn(Cc3ccccc3Cl)c2n1. The highest BCUT2D eigenvalue weighted by Gasteiger charge is 2.33. The third-order valence-corrected chi connectivity index (χ3v) is 4.60. The molecule has 3 rings (SSSR count).